The summed E-state index contributed by atoms with van der Waals surface area (Å²) >= 11 is 0. The highest BCUT2D eigenvalue weighted by atomic mass is 16.5. The Balaban J connectivity index is 1.93. The van der Waals surface area contributed by atoms with Crippen molar-refractivity contribution in [3.05, 3.63) is 54.3 Å². The summed E-state index contributed by atoms with van der Waals surface area (Å²) in [6, 6.07) is 11.7. The smallest absolute Gasteiger partial charge is 0.244 e. The second kappa shape index (κ2) is 9.98. The number of rotatable bonds is 9. The van der Waals surface area contributed by atoms with E-state index in [0.29, 0.717) is 18.9 Å². The first kappa shape index (κ1) is 21.5. The van der Waals surface area contributed by atoms with Gasteiger partial charge in [-0.2, -0.15) is 0 Å². The molecule has 1 heterocycles. The summed E-state index contributed by atoms with van der Waals surface area (Å²) in [6.07, 6.45) is 4.09. The van der Waals surface area contributed by atoms with Crippen LogP contribution in [0.2, 0.25) is 0 Å². The minimum atomic E-state index is -0.145. The summed E-state index contributed by atoms with van der Waals surface area (Å²) in [5.74, 6) is 1.30. The molecule has 0 fully saturated rings. The van der Waals surface area contributed by atoms with E-state index in [9.17, 15) is 4.79 Å². The van der Waals surface area contributed by atoms with E-state index in [0.717, 1.165) is 45.4 Å². The second-order valence-electron chi connectivity index (χ2n) is 6.89. The van der Waals surface area contributed by atoms with E-state index in [-0.39, 0.29) is 5.91 Å². The largest absolute Gasteiger partial charge is 0.497 e. The molecule has 3 aromatic rings. The maximum Gasteiger partial charge on any atom is 0.244 e. The Morgan fingerprint density at radius 2 is 1.87 bits per heavy atom. The van der Waals surface area contributed by atoms with E-state index >= 15 is 0 Å². The Kier molecular flexibility index (Phi) is 7.14. The van der Waals surface area contributed by atoms with Crippen molar-refractivity contribution in [2.24, 2.45) is 0 Å². The van der Waals surface area contributed by atoms with Crippen LogP contribution in [0.5, 0.6) is 11.5 Å². The van der Waals surface area contributed by atoms with E-state index in [1.807, 2.05) is 43.3 Å². The van der Waals surface area contributed by atoms with Crippen molar-refractivity contribution >= 4 is 22.4 Å². The number of methoxy groups -OCH3 is 3. The predicted molar refractivity (Wildman–Crippen MR) is 118 cm³/mol. The molecule has 0 aliphatic carbocycles. The Labute approximate surface area is 176 Å². The molecule has 1 aromatic heterocycles. The number of fused-ring (bicyclic) bond motifs is 1. The number of hydrogen-bond acceptors (Lipinski definition) is 5. The molecular weight excluding hydrogens is 382 g/mol. The topological polar surface area (TPSA) is 69.9 Å². The Morgan fingerprint density at radius 1 is 1.10 bits per heavy atom. The van der Waals surface area contributed by atoms with Crippen LogP contribution < -0.4 is 14.8 Å². The molecule has 0 radical (unpaired) electrons. The van der Waals surface area contributed by atoms with Gasteiger partial charge in [0.05, 0.1) is 20.5 Å². The van der Waals surface area contributed by atoms with Crippen LogP contribution in [0.25, 0.3) is 27.7 Å². The van der Waals surface area contributed by atoms with Gasteiger partial charge in [-0.15, -0.1) is 0 Å². The molecule has 158 valence electrons. The lowest BCUT2D eigenvalue weighted by molar-refractivity contribution is -0.116. The minimum absolute atomic E-state index is 0.145. The lowest BCUT2D eigenvalue weighted by atomic mass is 9.99. The maximum absolute atomic E-state index is 12.3. The van der Waals surface area contributed by atoms with Crippen molar-refractivity contribution in [3.8, 4) is 22.6 Å². The average Bonchev–Trinajstić information content (AvgIpc) is 3.18. The van der Waals surface area contributed by atoms with Crippen LogP contribution in [0.15, 0.2) is 53.2 Å². The lowest BCUT2D eigenvalue weighted by Crippen LogP contribution is -2.23. The van der Waals surface area contributed by atoms with Gasteiger partial charge in [0, 0.05) is 48.9 Å². The van der Waals surface area contributed by atoms with Gasteiger partial charge in [0.2, 0.25) is 5.91 Å². The molecule has 3 rings (SSSR count). The average molecular weight is 409 g/mol. The first-order valence-corrected chi connectivity index (χ1v) is 9.76. The highest BCUT2D eigenvalue weighted by Crippen LogP contribution is 2.37. The number of carbonyl (C=O) groups excluding carboxylic acids is 1. The molecule has 1 amide bonds. The van der Waals surface area contributed by atoms with E-state index in [1.165, 1.54) is 0 Å². The van der Waals surface area contributed by atoms with Crippen molar-refractivity contribution in [1.29, 1.82) is 0 Å². The molecule has 0 bridgehead atoms. The van der Waals surface area contributed by atoms with E-state index in [4.69, 9.17) is 18.6 Å². The van der Waals surface area contributed by atoms with Crippen LogP contribution in [0, 0.1) is 0 Å². The molecule has 0 atom stereocenters. The zero-order chi connectivity index (χ0) is 21.5. The van der Waals surface area contributed by atoms with E-state index in [2.05, 4.69) is 5.32 Å². The SMILES string of the molecule is COCCCNC(=O)/C=C(\C)c1cc2c(-c3ccc(OC)cc3)coc2cc1OC. The van der Waals surface area contributed by atoms with Crippen molar-refractivity contribution in [2.45, 2.75) is 13.3 Å². The van der Waals surface area contributed by atoms with Crippen molar-refractivity contribution in [1.82, 2.24) is 5.32 Å². The molecule has 0 saturated carbocycles. The zero-order valence-electron chi connectivity index (χ0n) is 17.8. The molecule has 0 aliphatic heterocycles. The molecule has 0 aliphatic rings. The molecule has 0 spiro atoms. The number of hydrogen-bond donors (Lipinski definition) is 1. The summed E-state index contributed by atoms with van der Waals surface area (Å²) in [6.45, 7) is 3.07. The summed E-state index contributed by atoms with van der Waals surface area (Å²) in [4.78, 5) is 12.3. The van der Waals surface area contributed by atoms with E-state index in [1.54, 1.807) is 33.7 Å². The van der Waals surface area contributed by atoms with Crippen LogP contribution in [0.1, 0.15) is 18.9 Å². The molecule has 0 unspecified atom stereocenters. The third kappa shape index (κ3) is 4.83. The number of allylic oxidation sites excluding steroid dienone is 1. The van der Waals surface area contributed by atoms with Gasteiger partial charge in [-0.1, -0.05) is 12.1 Å². The van der Waals surface area contributed by atoms with Gasteiger partial charge in [0.15, 0.2) is 0 Å². The van der Waals surface area contributed by atoms with Gasteiger partial charge < -0.3 is 23.9 Å². The third-order valence-electron chi connectivity index (χ3n) is 4.89. The van der Waals surface area contributed by atoms with Crippen LogP contribution in [-0.4, -0.2) is 40.4 Å². The van der Waals surface area contributed by atoms with Crippen LogP contribution in [0.4, 0.5) is 0 Å². The highest BCUT2D eigenvalue weighted by molar-refractivity contribution is 6.00. The monoisotopic (exact) mass is 409 g/mol. The van der Waals surface area contributed by atoms with Gasteiger partial charge in [-0.3, -0.25) is 4.79 Å². The fraction of sp³-hybridized carbons (Fsp3) is 0.292. The fourth-order valence-electron chi connectivity index (χ4n) is 3.28. The normalized spacial score (nSPS) is 11.5. The second-order valence-corrected chi connectivity index (χ2v) is 6.89. The summed E-state index contributed by atoms with van der Waals surface area (Å²) in [5, 5.41) is 3.82. The number of benzene rings is 2. The molecule has 2 aromatic carbocycles. The Hall–Kier alpha value is -3.25. The fourth-order valence-corrected chi connectivity index (χ4v) is 3.28. The number of furan rings is 1. The minimum Gasteiger partial charge on any atom is -0.497 e. The number of amides is 1. The molecule has 6 nitrogen and oxygen atoms in total. The maximum atomic E-state index is 12.3. The summed E-state index contributed by atoms with van der Waals surface area (Å²) < 4.78 is 21.6. The number of carbonyl (C=O) groups is 1. The molecule has 1 N–H and O–H groups in total. The number of nitrogens with one attached hydrogen (secondary N) is 1. The van der Waals surface area contributed by atoms with E-state index < -0.39 is 0 Å². The Morgan fingerprint density at radius 3 is 2.53 bits per heavy atom. The molecule has 30 heavy (non-hydrogen) atoms. The molecule has 0 saturated heterocycles. The van der Waals surface area contributed by atoms with Crippen molar-refractivity contribution < 1.29 is 23.4 Å². The molecule has 6 heteroatoms. The third-order valence-corrected chi connectivity index (χ3v) is 4.89. The van der Waals surface area contributed by atoms with Gasteiger partial charge in [-0.05, 0) is 42.7 Å². The summed E-state index contributed by atoms with van der Waals surface area (Å²) in [7, 11) is 4.89. The predicted octanol–water partition coefficient (Wildman–Crippen LogP) is 4.67. The van der Waals surface area contributed by atoms with Gasteiger partial charge >= 0.3 is 0 Å². The molecular formula is C24H27NO5. The van der Waals surface area contributed by atoms with Crippen LogP contribution in [-0.2, 0) is 9.53 Å². The van der Waals surface area contributed by atoms with Gasteiger partial charge in [0.1, 0.15) is 17.1 Å². The van der Waals surface area contributed by atoms with Crippen LogP contribution in [0.3, 0.4) is 0 Å². The zero-order valence-corrected chi connectivity index (χ0v) is 17.8. The quantitative estimate of drug-likeness (QED) is 0.411. The number of ether oxygens (including phenoxy) is 3. The highest BCUT2D eigenvalue weighted by Gasteiger charge is 2.15. The van der Waals surface area contributed by atoms with Gasteiger partial charge in [0.25, 0.3) is 0 Å². The van der Waals surface area contributed by atoms with Crippen LogP contribution >= 0.6 is 0 Å². The first-order valence-electron chi connectivity index (χ1n) is 9.76. The Bertz CT molecular complexity index is 1030. The van der Waals surface area contributed by atoms with Crippen molar-refractivity contribution in [2.75, 3.05) is 34.5 Å². The first-order chi connectivity index (χ1) is 14.6. The summed E-state index contributed by atoms with van der Waals surface area (Å²) in [5.41, 5.74) is 4.35. The van der Waals surface area contributed by atoms with Crippen molar-refractivity contribution in [3.63, 3.8) is 0 Å². The standard InChI is InChI=1S/C24H27NO5/c1-16(12-24(26)25-10-5-11-27-2)19-13-20-21(15-30-23(20)14-22(19)29-4)17-6-8-18(28-3)9-7-17/h6-9,12-15H,5,10-11H2,1-4H3,(H,25,26)/b16-12+. The van der Waals surface area contributed by atoms with Gasteiger partial charge in [-0.25, -0.2) is 0 Å². The lowest BCUT2D eigenvalue weighted by Gasteiger charge is -2.10.